The monoisotopic (exact) mass is 404 g/mol. The minimum Gasteiger partial charge on any atom is -0.385 e. The molecule has 0 saturated carbocycles. The molecular formula is C21H28N2O4S. The molecule has 0 aliphatic carbocycles. The van der Waals surface area contributed by atoms with Crippen molar-refractivity contribution in [2.24, 2.45) is 0 Å². The van der Waals surface area contributed by atoms with Crippen LogP contribution in [0.15, 0.2) is 24.3 Å². The number of hydrogen-bond acceptors (Lipinski definition) is 5. The third-order valence-electron chi connectivity index (χ3n) is 5.53. The summed E-state index contributed by atoms with van der Waals surface area (Å²) in [7, 11) is -1.44. The number of benzene rings is 1. The van der Waals surface area contributed by atoms with Crippen LogP contribution >= 0.6 is 0 Å². The molecule has 0 bridgehead atoms. The summed E-state index contributed by atoms with van der Waals surface area (Å²) < 4.78 is 29.0. The number of hydrogen-bond donors (Lipinski definition) is 0. The molecule has 3 rings (SSSR count). The number of aryl methyl sites for hydroxylation is 2. The van der Waals surface area contributed by atoms with E-state index in [-0.39, 0.29) is 29.9 Å². The van der Waals surface area contributed by atoms with E-state index >= 15 is 0 Å². The maximum atomic E-state index is 13.2. The average Bonchev–Trinajstić information content (AvgIpc) is 3.01. The predicted octanol–water partition coefficient (Wildman–Crippen LogP) is 2.45. The van der Waals surface area contributed by atoms with Crippen molar-refractivity contribution in [3.8, 4) is 0 Å². The number of nitrogens with zero attached hydrogens (tertiary/aromatic N) is 2. The number of carbonyl (C=O) groups is 1. The van der Waals surface area contributed by atoms with E-state index in [1.54, 1.807) is 12.0 Å². The molecule has 1 saturated heterocycles. The number of ether oxygens (including phenoxy) is 1. The Morgan fingerprint density at radius 3 is 2.71 bits per heavy atom. The number of carbonyl (C=O) groups excluding carboxylic acids is 1. The molecule has 0 spiro atoms. The number of aromatic nitrogens is 1. The zero-order valence-electron chi connectivity index (χ0n) is 16.8. The van der Waals surface area contributed by atoms with Crippen molar-refractivity contribution in [1.29, 1.82) is 0 Å². The van der Waals surface area contributed by atoms with Crippen molar-refractivity contribution >= 4 is 26.6 Å². The number of sulfone groups is 1. The fraction of sp³-hybridized carbons (Fsp3) is 0.524. The van der Waals surface area contributed by atoms with Crippen LogP contribution < -0.4 is 0 Å². The number of methoxy groups -OCH3 is 1. The maximum absolute atomic E-state index is 13.2. The van der Waals surface area contributed by atoms with Gasteiger partial charge >= 0.3 is 0 Å². The van der Waals surface area contributed by atoms with Crippen LogP contribution in [0.4, 0.5) is 0 Å². The lowest BCUT2D eigenvalue weighted by atomic mass is 9.98. The normalized spacial score (nSPS) is 18.5. The Labute approximate surface area is 166 Å². The van der Waals surface area contributed by atoms with Gasteiger partial charge in [-0.2, -0.15) is 0 Å². The lowest BCUT2D eigenvalue weighted by Gasteiger charge is -2.29. The summed E-state index contributed by atoms with van der Waals surface area (Å²) >= 11 is 0. The average molecular weight is 405 g/mol. The molecule has 1 aliphatic rings. The van der Waals surface area contributed by atoms with Gasteiger partial charge in [-0.05, 0) is 43.9 Å². The Morgan fingerprint density at radius 1 is 1.29 bits per heavy atom. The van der Waals surface area contributed by atoms with Crippen LogP contribution in [-0.2, 0) is 25.8 Å². The second-order valence-electron chi connectivity index (χ2n) is 7.49. The van der Waals surface area contributed by atoms with E-state index in [1.807, 2.05) is 38.1 Å². The quantitative estimate of drug-likeness (QED) is 0.663. The molecule has 1 amide bonds. The lowest BCUT2D eigenvalue weighted by Crippen LogP contribution is -2.43. The summed E-state index contributed by atoms with van der Waals surface area (Å²) in [6.07, 6.45) is 1.43. The zero-order chi connectivity index (χ0) is 20.3. The van der Waals surface area contributed by atoms with Gasteiger partial charge in [0.15, 0.2) is 9.84 Å². The smallest absolute Gasteiger partial charge is 0.227 e. The third kappa shape index (κ3) is 4.52. The second kappa shape index (κ2) is 8.57. The van der Waals surface area contributed by atoms with Crippen LogP contribution in [0.5, 0.6) is 0 Å². The van der Waals surface area contributed by atoms with Gasteiger partial charge in [0.2, 0.25) is 5.91 Å². The molecule has 28 heavy (non-hydrogen) atoms. The Morgan fingerprint density at radius 2 is 2.04 bits per heavy atom. The molecule has 1 aromatic heterocycles. The van der Waals surface area contributed by atoms with E-state index in [2.05, 4.69) is 4.98 Å². The van der Waals surface area contributed by atoms with Crippen LogP contribution in [0.1, 0.15) is 29.7 Å². The number of amides is 1. The maximum Gasteiger partial charge on any atom is 0.227 e. The Bertz CT molecular complexity index is 972. The molecule has 0 radical (unpaired) electrons. The molecule has 1 unspecified atom stereocenters. The van der Waals surface area contributed by atoms with Crippen molar-refractivity contribution in [2.75, 3.05) is 31.8 Å². The first-order valence-corrected chi connectivity index (χ1v) is 11.5. The van der Waals surface area contributed by atoms with Gasteiger partial charge in [-0.1, -0.05) is 18.2 Å². The molecule has 2 heterocycles. The van der Waals surface area contributed by atoms with Gasteiger partial charge in [-0.25, -0.2) is 8.42 Å². The fourth-order valence-electron chi connectivity index (χ4n) is 3.99. The van der Waals surface area contributed by atoms with E-state index in [4.69, 9.17) is 4.74 Å². The summed E-state index contributed by atoms with van der Waals surface area (Å²) in [5.74, 6) is 0.169. The number of para-hydroxylation sites is 1. The van der Waals surface area contributed by atoms with Gasteiger partial charge in [0.25, 0.3) is 0 Å². The van der Waals surface area contributed by atoms with E-state index in [0.717, 1.165) is 27.7 Å². The first-order valence-electron chi connectivity index (χ1n) is 9.66. The molecule has 6 nitrogen and oxygen atoms in total. The summed E-state index contributed by atoms with van der Waals surface area (Å²) in [6.45, 7) is 5.00. The van der Waals surface area contributed by atoms with Gasteiger partial charge in [0, 0.05) is 37.4 Å². The summed E-state index contributed by atoms with van der Waals surface area (Å²) in [5.41, 5.74) is 3.77. The highest BCUT2D eigenvalue weighted by Gasteiger charge is 2.34. The van der Waals surface area contributed by atoms with Crippen LogP contribution in [0, 0.1) is 13.8 Å². The van der Waals surface area contributed by atoms with Crippen molar-refractivity contribution in [1.82, 2.24) is 9.88 Å². The van der Waals surface area contributed by atoms with Crippen molar-refractivity contribution < 1.29 is 17.9 Å². The summed E-state index contributed by atoms with van der Waals surface area (Å²) in [5, 5.41) is 1.05. The lowest BCUT2D eigenvalue weighted by molar-refractivity contribution is -0.132. The Balaban J connectivity index is 1.86. The highest BCUT2D eigenvalue weighted by Crippen LogP contribution is 2.25. The van der Waals surface area contributed by atoms with E-state index in [0.29, 0.717) is 26.0 Å². The first-order chi connectivity index (χ1) is 13.3. The van der Waals surface area contributed by atoms with Gasteiger partial charge in [0.05, 0.1) is 23.4 Å². The Hall–Kier alpha value is -1.99. The molecule has 152 valence electrons. The first kappa shape index (κ1) is 20.7. The van der Waals surface area contributed by atoms with Crippen LogP contribution in [0.2, 0.25) is 0 Å². The molecule has 1 aliphatic heterocycles. The molecule has 7 heteroatoms. The highest BCUT2D eigenvalue weighted by molar-refractivity contribution is 7.91. The molecule has 1 aromatic carbocycles. The van der Waals surface area contributed by atoms with Gasteiger partial charge in [-0.15, -0.1) is 0 Å². The number of pyridine rings is 1. The molecule has 1 atom stereocenters. The summed E-state index contributed by atoms with van der Waals surface area (Å²) in [6, 6.07) is 7.67. The number of rotatable bonds is 7. The van der Waals surface area contributed by atoms with Crippen molar-refractivity contribution in [2.45, 2.75) is 39.2 Å². The van der Waals surface area contributed by atoms with Crippen LogP contribution in [0.3, 0.4) is 0 Å². The summed E-state index contributed by atoms with van der Waals surface area (Å²) in [4.78, 5) is 19.6. The van der Waals surface area contributed by atoms with E-state index in [9.17, 15) is 13.2 Å². The molecule has 2 aromatic rings. The van der Waals surface area contributed by atoms with Crippen LogP contribution in [0.25, 0.3) is 10.9 Å². The fourth-order valence-corrected chi connectivity index (χ4v) is 5.73. The van der Waals surface area contributed by atoms with Gasteiger partial charge in [0.1, 0.15) is 0 Å². The van der Waals surface area contributed by atoms with Crippen molar-refractivity contribution in [3.05, 3.63) is 41.1 Å². The number of fused-ring (bicyclic) bond motifs is 1. The molecular weight excluding hydrogens is 376 g/mol. The predicted molar refractivity (Wildman–Crippen MR) is 110 cm³/mol. The Kier molecular flexibility index (Phi) is 6.35. The zero-order valence-corrected chi connectivity index (χ0v) is 17.6. The standard InChI is InChI=1S/C21H28N2O4S/c1-15-18-7-4-5-8-20(18)22-16(2)19(15)13-21(24)23(10-6-11-27-3)17-9-12-28(25,26)14-17/h4-5,7-8,17H,6,9-14H2,1-3H3. The topological polar surface area (TPSA) is 76.6 Å². The largest absolute Gasteiger partial charge is 0.385 e. The van der Waals surface area contributed by atoms with Crippen molar-refractivity contribution in [3.63, 3.8) is 0 Å². The van der Waals surface area contributed by atoms with E-state index in [1.165, 1.54) is 0 Å². The molecule has 0 N–H and O–H groups in total. The molecule has 1 fully saturated rings. The third-order valence-corrected chi connectivity index (χ3v) is 7.28. The second-order valence-corrected chi connectivity index (χ2v) is 9.71. The SMILES string of the molecule is COCCCN(C(=O)Cc1c(C)nc2ccccc2c1C)C1CCS(=O)(=O)C1. The minimum atomic E-state index is -3.06. The highest BCUT2D eigenvalue weighted by atomic mass is 32.2. The minimum absolute atomic E-state index is 0.0403. The van der Waals surface area contributed by atoms with E-state index < -0.39 is 9.84 Å². The van der Waals surface area contributed by atoms with Crippen LogP contribution in [-0.4, -0.2) is 62.0 Å². The van der Waals surface area contributed by atoms with Gasteiger partial charge in [-0.3, -0.25) is 9.78 Å². The van der Waals surface area contributed by atoms with Gasteiger partial charge < -0.3 is 9.64 Å².